The summed E-state index contributed by atoms with van der Waals surface area (Å²) in [4.78, 5) is 38.0. The number of halogens is 1. The van der Waals surface area contributed by atoms with E-state index in [0.717, 1.165) is 16.5 Å². The molecule has 3 rings (SSSR count). The predicted octanol–water partition coefficient (Wildman–Crippen LogP) is 1.31. The van der Waals surface area contributed by atoms with E-state index in [1.54, 1.807) is 13.1 Å². The van der Waals surface area contributed by atoms with Crippen LogP contribution >= 0.6 is 15.9 Å². The topological polar surface area (TPSA) is 107 Å². The second kappa shape index (κ2) is 8.34. The molecule has 1 aliphatic heterocycles. The van der Waals surface area contributed by atoms with Gasteiger partial charge in [0, 0.05) is 23.6 Å². The maximum absolute atomic E-state index is 12.4. The van der Waals surface area contributed by atoms with Crippen molar-refractivity contribution >= 4 is 33.7 Å². The van der Waals surface area contributed by atoms with Crippen LogP contribution in [0.1, 0.15) is 23.3 Å². The van der Waals surface area contributed by atoms with E-state index in [1.165, 1.54) is 4.90 Å². The SMILES string of the molecule is CNC(=O)C1CCCN1C(=O)CNC(=O)c1cc(-c2ccc(Br)cc2)n[nH]1. The van der Waals surface area contributed by atoms with Gasteiger partial charge in [-0.25, -0.2) is 0 Å². The van der Waals surface area contributed by atoms with Crippen molar-refractivity contribution in [1.29, 1.82) is 0 Å². The Morgan fingerprint density at radius 1 is 1.30 bits per heavy atom. The Labute approximate surface area is 164 Å². The lowest BCUT2D eigenvalue weighted by Gasteiger charge is -2.23. The number of nitrogens with zero attached hydrogens (tertiary/aromatic N) is 2. The first-order valence-electron chi connectivity index (χ1n) is 8.60. The number of benzene rings is 1. The van der Waals surface area contributed by atoms with Crippen molar-refractivity contribution < 1.29 is 14.4 Å². The van der Waals surface area contributed by atoms with Gasteiger partial charge in [-0.3, -0.25) is 19.5 Å². The first-order valence-corrected chi connectivity index (χ1v) is 9.39. The highest BCUT2D eigenvalue weighted by Crippen LogP contribution is 2.20. The maximum atomic E-state index is 12.4. The summed E-state index contributed by atoms with van der Waals surface area (Å²) in [7, 11) is 1.55. The molecular formula is C18H20BrN5O3. The molecule has 9 heteroatoms. The molecule has 1 aromatic carbocycles. The molecule has 1 aromatic heterocycles. The van der Waals surface area contributed by atoms with Gasteiger partial charge in [-0.2, -0.15) is 5.10 Å². The first-order chi connectivity index (χ1) is 13.0. The van der Waals surface area contributed by atoms with Gasteiger partial charge in [0.1, 0.15) is 11.7 Å². The highest BCUT2D eigenvalue weighted by atomic mass is 79.9. The van der Waals surface area contributed by atoms with Crippen molar-refractivity contribution in [2.45, 2.75) is 18.9 Å². The van der Waals surface area contributed by atoms with E-state index >= 15 is 0 Å². The van der Waals surface area contributed by atoms with Crippen molar-refractivity contribution in [1.82, 2.24) is 25.7 Å². The monoisotopic (exact) mass is 433 g/mol. The lowest BCUT2D eigenvalue weighted by Crippen LogP contribution is -2.48. The van der Waals surface area contributed by atoms with Crippen LogP contribution in [0.3, 0.4) is 0 Å². The minimum Gasteiger partial charge on any atom is -0.357 e. The number of hydrogen-bond acceptors (Lipinski definition) is 4. The van der Waals surface area contributed by atoms with Gasteiger partial charge in [0.05, 0.1) is 12.2 Å². The van der Waals surface area contributed by atoms with E-state index in [0.29, 0.717) is 18.7 Å². The molecule has 27 heavy (non-hydrogen) atoms. The van der Waals surface area contributed by atoms with Gasteiger partial charge < -0.3 is 15.5 Å². The average molecular weight is 434 g/mol. The summed E-state index contributed by atoms with van der Waals surface area (Å²) in [6, 6.07) is 8.72. The average Bonchev–Trinajstić information content (AvgIpc) is 3.35. The number of aromatic nitrogens is 2. The van der Waals surface area contributed by atoms with Crippen LogP contribution < -0.4 is 10.6 Å². The van der Waals surface area contributed by atoms with Crippen molar-refractivity contribution in [3.05, 3.63) is 40.5 Å². The third kappa shape index (κ3) is 4.36. The molecule has 0 aliphatic carbocycles. The van der Waals surface area contributed by atoms with Gasteiger partial charge >= 0.3 is 0 Å². The molecule has 0 saturated carbocycles. The number of nitrogens with one attached hydrogen (secondary N) is 3. The Morgan fingerprint density at radius 2 is 2.04 bits per heavy atom. The predicted molar refractivity (Wildman–Crippen MR) is 103 cm³/mol. The van der Waals surface area contributed by atoms with Crippen LogP contribution in [0.25, 0.3) is 11.3 Å². The van der Waals surface area contributed by atoms with Crippen LogP contribution in [0.2, 0.25) is 0 Å². The molecule has 2 aromatic rings. The normalized spacial score (nSPS) is 16.2. The molecular weight excluding hydrogens is 414 g/mol. The molecule has 3 amide bonds. The Balaban J connectivity index is 1.59. The second-order valence-corrected chi connectivity index (χ2v) is 7.13. The van der Waals surface area contributed by atoms with E-state index < -0.39 is 11.9 Å². The van der Waals surface area contributed by atoms with E-state index in [2.05, 4.69) is 36.8 Å². The number of rotatable bonds is 5. The van der Waals surface area contributed by atoms with Crippen LogP contribution in [0.15, 0.2) is 34.8 Å². The lowest BCUT2D eigenvalue weighted by atomic mass is 10.1. The number of carbonyl (C=O) groups excluding carboxylic acids is 3. The molecule has 1 fully saturated rings. The first kappa shape index (κ1) is 19.1. The Bertz CT molecular complexity index is 849. The summed E-state index contributed by atoms with van der Waals surface area (Å²) in [6.07, 6.45) is 1.41. The van der Waals surface area contributed by atoms with E-state index in [4.69, 9.17) is 0 Å². The smallest absolute Gasteiger partial charge is 0.269 e. The summed E-state index contributed by atoms with van der Waals surface area (Å²) in [5, 5.41) is 12.0. The molecule has 0 spiro atoms. The number of likely N-dealkylation sites (N-methyl/N-ethyl adjacent to an activating group) is 1. The van der Waals surface area contributed by atoms with Gasteiger partial charge in [0.15, 0.2) is 0 Å². The largest absolute Gasteiger partial charge is 0.357 e. The zero-order valence-electron chi connectivity index (χ0n) is 14.8. The summed E-state index contributed by atoms with van der Waals surface area (Å²) in [5.41, 5.74) is 1.78. The number of hydrogen-bond donors (Lipinski definition) is 3. The number of H-pyrrole nitrogens is 1. The fourth-order valence-corrected chi connectivity index (χ4v) is 3.33. The third-order valence-corrected chi connectivity index (χ3v) is 5.01. The highest BCUT2D eigenvalue weighted by Gasteiger charge is 2.33. The Kier molecular flexibility index (Phi) is 5.90. The molecule has 2 heterocycles. The van der Waals surface area contributed by atoms with Gasteiger partial charge in [0.2, 0.25) is 11.8 Å². The molecule has 1 saturated heterocycles. The Hall–Kier alpha value is -2.68. The third-order valence-electron chi connectivity index (χ3n) is 4.48. The summed E-state index contributed by atoms with van der Waals surface area (Å²) in [6.45, 7) is 0.351. The van der Waals surface area contributed by atoms with Gasteiger partial charge in [-0.15, -0.1) is 0 Å². The minimum absolute atomic E-state index is 0.168. The van der Waals surface area contributed by atoms with Gasteiger partial charge in [-0.05, 0) is 31.0 Å². The van der Waals surface area contributed by atoms with E-state index in [1.807, 2.05) is 24.3 Å². The maximum Gasteiger partial charge on any atom is 0.269 e. The van der Waals surface area contributed by atoms with Gasteiger partial charge in [0.25, 0.3) is 5.91 Å². The van der Waals surface area contributed by atoms with Gasteiger partial charge in [-0.1, -0.05) is 28.1 Å². The fraction of sp³-hybridized carbons (Fsp3) is 0.333. The lowest BCUT2D eigenvalue weighted by molar-refractivity contribution is -0.137. The molecule has 1 unspecified atom stereocenters. The minimum atomic E-state index is -0.462. The zero-order valence-corrected chi connectivity index (χ0v) is 16.4. The number of carbonyl (C=O) groups is 3. The van der Waals surface area contributed by atoms with Crippen LogP contribution in [0.4, 0.5) is 0 Å². The molecule has 1 aliphatic rings. The van der Waals surface area contributed by atoms with Crippen LogP contribution in [-0.4, -0.2) is 59.0 Å². The number of aromatic amines is 1. The quantitative estimate of drug-likeness (QED) is 0.660. The van der Waals surface area contributed by atoms with Crippen LogP contribution in [-0.2, 0) is 9.59 Å². The van der Waals surface area contributed by atoms with Crippen molar-refractivity contribution in [2.75, 3.05) is 20.1 Å². The van der Waals surface area contributed by atoms with E-state index in [9.17, 15) is 14.4 Å². The highest BCUT2D eigenvalue weighted by molar-refractivity contribution is 9.10. The van der Waals surface area contributed by atoms with Crippen LogP contribution in [0, 0.1) is 0 Å². The fourth-order valence-electron chi connectivity index (χ4n) is 3.06. The van der Waals surface area contributed by atoms with Crippen LogP contribution in [0.5, 0.6) is 0 Å². The summed E-state index contributed by atoms with van der Waals surface area (Å²) >= 11 is 3.37. The summed E-state index contributed by atoms with van der Waals surface area (Å²) < 4.78 is 0.954. The zero-order chi connectivity index (χ0) is 19.4. The van der Waals surface area contributed by atoms with Crippen molar-refractivity contribution in [3.63, 3.8) is 0 Å². The second-order valence-electron chi connectivity index (χ2n) is 6.22. The van der Waals surface area contributed by atoms with Crippen molar-refractivity contribution in [2.24, 2.45) is 0 Å². The standard InChI is InChI=1S/C18H20BrN5O3/c1-20-18(27)15-3-2-8-24(15)16(25)10-21-17(26)14-9-13(22-23-14)11-4-6-12(19)7-5-11/h4-7,9,15H,2-3,8,10H2,1H3,(H,20,27)(H,21,26)(H,22,23). The van der Waals surface area contributed by atoms with Crippen molar-refractivity contribution in [3.8, 4) is 11.3 Å². The molecule has 3 N–H and O–H groups in total. The number of likely N-dealkylation sites (tertiary alicyclic amines) is 1. The molecule has 1 atom stereocenters. The Morgan fingerprint density at radius 3 is 2.74 bits per heavy atom. The molecule has 0 bridgehead atoms. The number of amides is 3. The summed E-state index contributed by atoms with van der Waals surface area (Å²) in [5.74, 6) is -0.878. The molecule has 0 radical (unpaired) electrons. The van der Waals surface area contributed by atoms with E-state index in [-0.39, 0.29) is 24.1 Å². The molecule has 142 valence electrons. The molecule has 8 nitrogen and oxygen atoms in total.